The second kappa shape index (κ2) is 15.3. The molecule has 1 N–H and O–H groups in total. The quantitative estimate of drug-likeness (QED) is 0.153. The fourth-order valence-corrected chi connectivity index (χ4v) is 5.17. The molecule has 0 saturated carbocycles. The van der Waals surface area contributed by atoms with Gasteiger partial charge in [-0.3, -0.25) is 14.7 Å². The van der Waals surface area contributed by atoms with Crippen molar-refractivity contribution in [3.8, 4) is 0 Å². The minimum absolute atomic E-state index is 0. The van der Waals surface area contributed by atoms with Crippen molar-refractivity contribution in [2.45, 2.75) is 51.4 Å². The summed E-state index contributed by atoms with van der Waals surface area (Å²) >= 11 is 12.3. The first-order chi connectivity index (χ1) is 19.6. The molecule has 3 aromatic carbocycles. The molecule has 4 rings (SSSR count). The van der Waals surface area contributed by atoms with Gasteiger partial charge in [-0.15, -0.1) is 5.69 Å². The van der Waals surface area contributed by atoms with E-state index in [2.05, 4.69) is 15.2 Å². The Morgan fingerprint density at radius 2 is 1.74 bits per heavy atom. The van der Waals surface area contributed by atoms with Gasteiger partial charge in [0.15, 0.2) is 6.04 Å². The van der Waals surface area contributed by atoms with Gasteiger partial charge in [-0.25, -0.2) is 4.79 Å². The number of amides is 1. The van der Waals surface area contributed by atoms with Crippen LogP contribution in [0.3, 0.4) is 0 Å². The number of aliphatic imine (C=N–C) groups is 1. The molecule has 0 bridgehead atoms. The monoisotopic (exact) mass is 652 g/mol. The number of likely N-dealkylation sites (tertiary alicyclic amines) is 1. The van der Waals surface area contributed by atoms with Crippen LogP contribution in [0.25, 0.3) is 5.32 Å². The second-order valence-corrected chi connectivity index (χ2v) is 10.6. The number of carboxylic acids is 1. The van der Waals surface area contributed by atoms with Gasteiger partial charge in [0.25, 0.3) is 0 Å². The van der Waals surface area contributed by atoms with Crippen molar-refractivity contribution in [1.82, 2.24) is 4.90 Å². The van der Waals surface area contributed by atoms with E-state index in [9.17, 15) is 19.5 Å². The molecule has 1 heterocycles. The molecule has 0 aliphatic carbocycles. The molecule has 0 spiro atoms. The third-order valence-electron chi connectivity index (χ3n) is 6.77. The summed E-state index contributed by atoms with van der Waals surface area (Å²) in [6.45, 7) is 3.95. The fraction of sp³-hybridized carbons (Fsp3) is 0.290. The topological polar surface area (TPSA) is 110 Å². The second-order valence-electron chi connectivity index (χ2n) is 9.79. The van der Waals surface area contributed by atoms with Gasteiger partial charge in [-0.2, -0.15) is 0 Å². The van der Waals surface area contributed by atoms with E-state index in [0.29, 0.717) is 45.5 Å². The number of hydrogen-bond donors (Lipinski definition) is 1. The van der Waals surface area contributed by atoms with E-state index in [1.54, 1.807) is 60.7 Å². The van der Waals surface area contributed by atoms with E-state index in [-0.39, 0.29) is 22.4 Å². The van der Waals surface area contributed by atoms with Gasteiger partial charge < -0.3 is 20.0 Å². The van der Waals surface area contributed by atoms with Crippen molar-refractivity contribution in [1.29, 1.82) is 0 Å². The zero-order valence-corrected chi connectivity index (χ0v) is 25.5. The normalized spacial score (nSPS) is 16.7. The van der Waals surface area contributed by atoms with Crippen LogP contribution >= 0.6 is 23.2 Å². The predicted octanol–water partition coefficient (Wildman–Crippen LogP) is 6.43. The number of esters is 1. The third kappa shape index (κ3) is 8.42. The van der Waals surface area contributed by atoms with E-state index in [4.69, 9.17) is 27.9 Å². The van der Waals surface area contributed by atoms with Gasteiger partial charge in [-0.05, 0) is 49.6 Å². The van der Waals surface area contributed by atoms with Gasteiger partial charge in [0, 0.05) is 35.5 Å². The molecular weight excluding hydrogens is 624 g/mol. The smallest absolute Gasteiger partial charge is 0.332 e. The van der Waals surface area contributed by atoms with Crippen LogP contribution < -0.4 is 0 Å². The van der Waals surface area contributed by atoms with Gasteiger partial charge in [0.05, 0.1) is 27.7 Å². The molecule has 1 aliphatic heterocycles. The standard InChI is InChI=1S/C31H31Cl2N3O5.Ni/c1-19(41-20(2)37)28(31(39)40)35-29(22-9-4-3-5-10-22)23-11-6-7-12-26(23)34-30(38)27-13-8-16-36(27)18-21-14-15-24(32)25(33)17-21;/h3-7,9-12,14-15,17,19,27-28H,8,13,16,18H2,1-2H3,(H2,34,35,38,39,40);/p-1/t19-,27-,28+;/m0./s1. The summed E-state index contributed by atoms with van der Waals surface area (Å²) in [6, 6.07) is 19.6. The molecule has 1 amide bonds. The molecule has 8 nitrogen and oxygen atoms in total. The van der Waals surface area contributed by atoms with Crippen LogP contribution in [0.5, 0.6) is 0 Å². The number of para-hydroxylation sites is 1. The Labute approximate surface area is 265 Å². The Kier molecular flexibility index (Phi) is 12.1. The van der Waals surface area contributed by atoms with Crippen LogP contribution in [0.15, 0.2) is 77.8 Å². The molecule has 1 aliphatic rings. The summed E-state index contributed by atoms with van der Waals surface area (Å²) in [5.41, 5.74) is 2.75. The average molecular weight is 654 g/mol. The first kappa shape index (κ1) is 33.3. The van der Waals surface area contributed by atoms with Crippen molar-refractivity contribution in [2.24, 2.45) is 4.99 Å². The molecular formula is C31H30Cl2N3NiO5-. The zero-order chi connectivity index (χ0) is 29.5. The first-order valence-corrected chi connectivity index (χ1v) is 14.0. The van der Waals surface area contributed by atoms with Crippen molar-refractivity contribution in [2.75, 3.05) is 6.54 Å². The van der Waals surface area contributed by atoms with E-state index >= 15 is 0 Å². The Balaban J connectivity index is 0.00000484. The van der Waals surface area contributed by atoms with Crippen molar-refractivity contribution in [3.63, 3.8) is 0 Å². The zero-order valence-electron chi connectivity index (χ0n) is 23.0. The summed E-state index contributed by atoms with van der Waals surface area (Å²) in [6.07, 6.45) is 0.481. The minimum atomic E-state index is -1.38. The maximum absolute atomic E-state index is 13.6. The molecule has 0 unspecified atom stereocenters. The third-order valence-corrected chi connectivity index (χ3v) is 7.51. The number of ether oxygens (including phenoxy) is 1. The van der Waals surface area contributed by atoms with E-state index < -0.39 is 30.1 Å². The molecule has 1 saturated heterocycles. The molecule has 1 fully saturated rings. The average Bonchev–Trinajstić information content (AvgIpc) is 3.40. The summed E-state index contributed by atoms with van der Waals surface area (Å²) in [4.78, 5) is 43.9. The minimum Gasteiger partial charge on any atom is -0.625 e. The molecule has 3 aromatic rings. The number of carbonyl (C=O) groups excluding carboxylic acids is 2. The number of hydrogen-bond acceptors (Lipinski definition) is 6. The maximum Gasteiger partial charge on any atom is 0.332 e. The van der Waals surface area contributed by atoms with E-state index in [0.717, 1.165) is 18.5 Å². The molecule has 11 heteroatoms. The largest absolute Gasteiger partial charge is 0.625 e. The number of nitrogens with zero attached hydrogens (tertiary/aromatic N) is 3. The number of carbonyl (C=O) groups is 3. The Bertz CT molecular complexity index is 1450. The SMILES string of the molecule is CC(=O)O[C@@H](C)[C@@H](N=C(c1ccccc1)c1ccccc1[N-]C(=O)[C@@H]1CCCN1Cc1ccc(Cl)c(Cl)c1)C(=O)O.[Ni]. The predicted molar refractivity (Wildman–Crippen MR) is 159 cm³/mol. The fourth-order valence-electron chi connectivity index (χ4n) is 4.85. The van der Waals surface area contributed by atoms with E-state index in [1.165, 1.54) is 13.8 Å². The number of halogens is 2. The van der Waals surface area contributed by atoms with Gasteiger partial charge >= 0.3 is 11.9 Å². The summed E-state index contributed by atoms with van der Waals surface area (Å²) in [5.74, 6) is -2.16. The van der Waals surface area contributed by atoms with E-state index in [1.807, 2.05) is 12.1 Å². The molecule has 42 heavy (non-hydrogen) atoms. The van der Waals surface area contributed by atoms with Crippen LogP contribution in [-0.4, -0.2) is 58.3 Å². The van der Waals surface area contributed by atoms with Crippen LogP contribution in [0, 0.1) is 0 Å². The Hall–Kier alpha value is -3.23. The van der Waals surface area contributed by atoms with Gasteiger partial charge in [0.1, 0.15) is 6.10 Å². The maximum atomic E-state index is 13.6. The van der Waals surface area contributed by atoms with Crippen molar-refractivity contribution in [3.05, 3.63) is 105 Å². The molecule has 3 atom stereocenters. The molecule has 0 radical (unpaired) electrons. The molecule has 0 aromatic heterocycles. The van der Waals surface area contributed by atoms with Gasteiger partial charge in [-0.1, -0.05) is 83.9 Å². The van der Waals surface area contributed by atoms with Crippen molar-refractivity contribution >= 4 is 52.4 Å². The molecule has 224 valence electrons. The summed E-state index contributed by atoms with van der Waals surface area (Å²) in [5, 5.41) is 15.4. The number of rotatable bonds is 10. The number of benzene rings is 3. The van der Waals surface area contributed by atoms with Crippen molar-refractivity contribution < 1.29 is 40.7 Å². The Morgan fingerprint density at radius 1 is 1.05 bits per heavy atom. The first-order valence-electron chi connectivity index (χ1n) is 13.2. The summed E-state index contributed by atoms with van der Waals surface area (Å²) < 4.78 is 5.16. The Morgan fingerprint density at radius 3 is 2.40 bits per heavy atom. The summed E-state index contributed by atoms with van der Waals surface area (Å²) in [7, 11) is 0. The van der Waals surface area contributed by atoms with Crippen LogP contribution in [-0.2, 0) is 42.2 Å². The van der Waals surface area contributed by atoms with Crippen LogP contribution in [0.2, 0.25) is 10.0 Å². The number of carboxylic acid groups (broad SMARTS) is 1. The number of aliphatic carboxylic acids is 1. The van der Waals surface area contributed by atoms with Crippen LogP contribution in [0.1, 0.15) is 43.4 Å². The van der Waals surface area contributed by atoms with Crippen LogP contribution in [0.4, 0.5) is 5.69 Å². The van der Waals surface area contributed by atoms with Gasteiger partial charge in [0.2, 0.25) is 0 Å².